The number of nitrogens with one attached hydrogen (secondary N) is 1. The molecule has 1 amide bonds. The summed E-state index contributed by atoms with van der Waals surface area (Å²) in [5, 5.41) is 16.8. The van der Waals surface area contributed by atoms with Gasteiger partial charge in [0.2, 0.25) is 5.91 Å². The monoisotopic (exact) mass is 415 g/mol. The van der Waals surface area contributed by atoms with Crippen molar-refractivity contribution in [3.63, 3.8) is 0 Å². The van der Waals surface area contributed by atoms with Gasteiger partial charge in [-0.15, -0.1) is 0 Å². The van der Waals surface area contributed by atoms with Gasteiger partial charge in [-0.2, -0.15) is 5.10 Å². The van der Waals surface area contributed by atoms with Crippen LogP contribution in [-0.4, -0.2) is 38.6 Å². The molecule has 0 radical (unpaired) electrons. The number of H-pyrrole nitrogens is 1. The van der Waals surface area contributed by atoms with Crippen LogP contribution < -0.4 is 0 Å². The zero-order chi connectivity index (χ0) is 18.5. The highest BCUT2D eigenvalue weighted by atomic mass is 79.9. The zero-order valence-corrected chi connectivity index (χ0v) is 15.6. The number of rotatable bonds is 7. The number of nitrogens with zero attached hydrogens (tertiary/aromatic N) is 2. The van der Waals surface area contributed by atoms with E-state index in [9.17, 15) is 9.59 Å². The number of halogens is 1. The van der Waals surface area contributed by atoms with Gasteiger partial charge in [-0.25, -0.2) is 0 Å². The van der Waals surface area contributed by atoms with Crippen molar-refractivity contribution in [2.24, 2.45) is 0 Å². The van der Waals surface area contributed by atoms with E-state index in [1.807, 2.05) is 42.5 Å². The first kappa shape index (κ1) is 18.1. The third kappa shape index (κ3) is 4.70. The Morgan fingerprint density at radius 3 is 2.77 bits per heavy atom. The molecule has 0 unspecified atom stereocenters. The topological polar surface area (TPSA) is 86.3 Å². The molecule has 1 heterocycles. The van der Waals surface area contributed by atoms with Gasteiger partial charge in [0.15, 0.2) is 0 Å². The van der Waals surface area contributed by atoms with Crippen molar-refractivity contribution in [2.75, 3.05) is 6.54 Å². The standard InChI is InChI=1S/C19H18BrN3O3/c20-16-3-1-2-14(8-16)12-23(7-6-19(25)26)18(24)10-13-4-5-15-11-21-22-17(15)9-13/h1-5,8-9,11H,6-7,10,12H2,(H,21,22)(H,25,26). The van der Waals surface area contributed by atoms with Gasteiger partial charge in [0.25, 0.3) is 0 Å². The van der Waals surface area contributed by atoms with E-state index in [4.69, 9.17) is 5.11 Å². The first-order valence-corrected chi connectivity index (χ1v) is 8.96. The van der Waals surface area contributed by atoms with Crippen LogP contribution in [0.3, 0.4) is 0 Å². The molecule has 0 spiro atoms. The predicted molar refractivity (Wildman–Crippen MR) is 102 cm³/mol. The third-order valence-corrected chi connectivity index (χ3v) is 4.57. The zero-order valence-electron chi connectivity index (χ0n) is 14.0. The highest BCUT2D eigenvalue weighted by Gasteiger charge is 2.16. The number of fused-ring (bicyclic) bond motifs is 1. The Morgan fingerprint density at radius 1 is 1.15 bits per heavy atom. The average Bonchev–Trinajstić information content (AvgIpc) is 3.06. The summed E-state index contributed by atoms with van der Waals surface area (Å²) in [4.78, 5) is 25.3. The van der Waals surface area contributed by atoms with Crippen molar-refractivity contribution in [3.8, 4) is 0 Å². The van der Waals surface area contributed by atoms with E-state index in [0.29, 0.717) is 6.54 Å². The minimum Gasteiger partial charge on any atom is -0.481 e. The normalized spacial score (nSPS) is 10.8. The third-order valence-electron chi connectivity index (χ3n) is 4.07. The lowest BCUT2D eigenvalue weighted by Crippen LogP contribution is -2.33. The van der Waals surface area contributed by atoms with Crippen molar-refractivity contribution in [3.05, 3.63) is 64.3 Å². The van der Waals surface area contributed by atoms with Crippen LogP contribution in [-0.2, 0) is 22.6 Å². The molecule has 0 saturated heterocycles. The molecule has 3 aromatic rings. The Balaban J connectivity index is 1.75. The molecule has 3 rings (SSSR count). The Labute approximate surface area is 159 Å². The second-order valence-corrected chi connectivity index (χ2v) is 6.97. The lowest BCUT2D eigenvalue weighted by atomic mass is 10.1. The molecule has 0 aliphatic carbocycles. The van der Waals surface area contributed by atoms with Crippen molar-refractivity contribution < 1.29 is 14.7 Å². The van der Waals surface area contributed by atoms with Crippen molar-refractivity contribution >= 4 is 38.7 Å². The van der Waals surface area contributed by atoms with E-state index < -0.39 is 5.97 Å². The highest BCUT2D eigenvalue weighted by Crippen LogP contribution is 2.17. The second-order valence-electron chi connectivity index (χ2n) is 6.06. The second kappa shape index (κ2) is 8.14. The molecule has 2 N–H and O–H groups in total. The van der Waals surface area contributed by atoms with E-state index in [1.54, 1.807) is 11.1 Å². The molecule has 0 atom stereocenters. The molecular weight excluding hydrogens is 398 g/mol. The first-order valence-electron chi connectivity index (χ1n) is 8.17. The summed E-state index contributed by atoms with van der Waals surface area (Å²) >= 11 is 3.42. The molecule has 1 aromatic heterocycles. The van der Waals surface area contributed by atoms with Crippen molar-refractivity contribution in [1.29, 1.82) is 0 Å². The lowest BCUT2D eigenvalue weighted by Gasteiger charge is -2.22. The van der Waals surface area contributed by atoms with Crippen LogP contribution in [0.25, 0.3) is 10.9 Å². The fourth-order valence-electron chi connectivity index (χ4n) is 2.76. The van der Waals surface area contributed by atoms with Crippen LogP contribution in [0.15, 0.2) is 53.1 Å². The largest absolute Gasteiger partial charge is 0.481 e. The number of carboxylic acid groups (broad SMARTS) is 1. The lowest BCUT2D eigenvalue weighted by molar-refractivity contribution is -0.138. The molecule has 0 fully saturated rings. The summed E-state index contributed by atoms with van der Waals surface area (Å²) in [5.41, 5.74) is 2.68. The van der Waals surface area contributed by atoms with Gasteiger partial charge in [-0.05, 0) is 29.3 Å². The molecule has 2 aromatic carbocycles. The number of aromatic nitrogens is 2. The quantitative estimate of drug-likeness (QED) is 0.619. The summed E-state index contributed by atoms with van der Waals surface area (Å²) < 4.78 is 0.922. The maximum absolute atomic E-state index is 12.8. The van der Waals surface area contributed by atoms with Crippen molar-refractivity contribution in [2.45, 2.75) is 19.4 Å². The van der Waals surface area contributed by atoms with Crippen LogP contribution in [0.4, 0.5) is 0 Å². The Morgan fingerprint density at radius 2 is 2.00 bits per heavy atom. The SMILES string of the molecule is O=C(O)CCN(Cc1cccc(Br)c1)C(=O)Cc1ccc2cn[nH]c2c1. The summed E-state index contributed by atoms with van der Waals surface area (Å²) in [7, 11) is 0. The minimum absolute atomic E-state index is 0.0840. The predicted octanol–water partition coefficient (Wildman–Crippen LogP) is 3.37. The van der Waals surface area contributed by atoms with Crippen LogP contribution in [0, 0.1) is 0 Å². The number of amides is 1. The Bertz CT molecular complexity index is 938. The van der Waals surface area contributed by atoms with Gasteiger partial charge >= 0.3 is 5.97 Å². The van der Waals surface area contributed by atoms with E-state index in [0.717, 1.165) is 26.5 Å². The fourth-order valence-corrected chi connectivity index (χ4v) is 3.21. The number of hydrogen-bond acceptors (Lipinski definition) is 3. The van der Waals surface area contributed by atoms with Crippen LogP contribution in [0.1, 0.15) is 17.5 Å². The number of hydrogen-bond donors (Lipinski definition) is 2. The minimum atomic E-state index is -0.920. The maximum Gasteiger partial charge on any atom is 0.305 e. The van der Waals surface area contributed by atoms with E-state index in [1.165, 1.54) is 0 Å². The molecular formula is C19H18BrN3O3. The van der Waals surface area contributed by atoms with E-state index >= 15 is 0 Å². The molecule has 0 aliphatic rings. The van der Waals surface area contributed by atoms with Gasteiger partial charge in [0.1, 0.15) is 0 Å². The van der Waals surface area contributed by atoms with Gasteiger partial charge in [0, 0.05) is 22.9 Å². The van der Waals surface area contributed by atoms with Gasteiger partial charge in [0.05, 0.1) is 24.6 Å². The van der Waals surface area contributed by atoms with Gasteiger partial charge in [-0.1, -0.05) is 40.2 Å². The molecule has 0 aliphatic heterocycles. The van der Waals surface area contributed by atoms with E-state index in [2.05, 4.69) is 26.1 Å². The van der Waals surface area contributed by atoms with E-state index in [-0.39, 0.29) is 25.3 Å². The number of aromatic amines is 1. The number of aliphatic carboxylic acids is 1. The van der Waals surface area contributed by atoms with Crippen LogP contribution in [0.5, 0.6) is 0 Å². The highest BCUT2D eigenvalue weighted by molar-refractivity contribution is 9.10. The van der Waals surface area contributed by atoms with Gasteiger partial charge < -0.3 is 10.0 Å². The molecule has 0 saturated carbocycles. The molecule has 7 heteroatoms. The molecule has 6 nitrogen and oxygen atoms in total. The van der Waals surface area contributed by atoms with Gasteiger partial charge in [-0.3, -0.25) is 14.7 Å². The number of benzene rings is 2. The van der Waals surface area contributed by atoms with Crippen LogP contribution >= 0.6 is 15.9 Å². The van der Waals surface area contributed by atoms with Crippen LogP contribution in [0.2, 0.25) is 0 Å². The number of carbonyl (C=O) groups excluding carboxylic acids is 1. The smallest absolute Gasteiger partial charge is 0.305 e. The number of carbonyl (C=O) groups is 2. The van der Waals surface area contributed by atoms with Crippen molar-refractivity contribution in [1.82, 2.24) is 15.1 Å². The fraction of sp³-hybridized carbons (Fsp3) is 0.211. The Kier molecular flexibility index (Phi) is 5.68. The number of carboxylic acids is 1. The first-order chi connectivity index (χ1) is 12.5. The summed E-state index contributed by atoms with van der Waals surface area (Å²) in [6.07, 6.45) is 1.86. The molecule has 0 bridgehead atoms. The summed E-state index contributed by atoms with van der Waals surface area (Å²) in [5.74, 6) is -1.03. The summed E-state index contributed by atoms with van der Waals surface area (Å²) in [6, 6.07) is 13.4. The maximum atomic E-state index is 12.8. The average molecular weight is 416 g/mol. The molecule has 134 valence electrons. The summed E-state index contributed by atoms with van der Waals surface area (Å²) in [6.45, 7) is 0.546. The molecule has 26 heavy (non-hydrogen) atoms. The Hall–Kier alpha value is -2.67.